The zero-order chi connectivity index (χ0) is 16.2. The van der Waals surface area contributed by atoms with E-state index < -0.39 is 53.7 Å². The van der Waals surface area contributed by atoms with Crippen molar-refractivity contribution < 1.29 is 36.2 Å². The standard InChI is InChI=1S/C13H11F6NO2/c14-4-1-5(2-4)22-6-3-20-12(13(17,18)19)8-7(6)9(15)10(16)11(8)21/h3-5,9-11,21H,1-2H2/t4-,5-,9-,10-,11+/m1/s1. The van der Waals surface area contributed by atoms with Crippen LogP contribution in [-0.2, 0) is 6.18 Å². The molecular formula is C13H11F6NO2. The molecule has 1 fully saturated rings. The largest absolute Gasteiger partial charge is 0.488 e. The summed E-state index contributed by atoms with van der Waals surface area (Å²) in [5.74, 6) is -0.383. The third-order valence-corrected chi connectivity index (χ3v) is 3.87. The van der Waals surface area contributed by atoms with Gasteiger partial charge in [0.2, 0.25) is 0 Å². The first-order valence-corrected chi connectivity index (χ1v) is 6.57. The van der Waals surface area contributed by atoms with Crippen LogP contribution in [0.25, 0.3) is 0 Å². The van der Waals surface area contributed by atoms with Gasteiger partial charge in [-0.2, -0.15) is 13.2 Å². The van der Waals surface area contributed by atoms with E-state index in [1.54, 1.807) is 0 Å². The highest BCUT2D eigenvalue weighted by molar-refractivity contribution is 5.49. The second-order valence-corrected chi connectivity index (χ2v) is 5.40. The van der Waals surface area contributed by atoms with Gasteiger partial charge >= 0.3 is 6.18 Å². The summed E-state index contributed by atoms with van der Waals surface area (Å²) < 4.78 is 84.2. The van der Waals surface area contributed by atoms with Crippen molar-refractivity contribution >= 4 is 0 Å². The predicted molar refractivity (Wildman–Crippen MR) is 61.5 cm³/mol. The van der Waals surface area contributed by atoms with Gasteiger partial charge in [0.05, 0.1) is 6.20 Å². The molecule has 1 saturated carbocycles. The molecule has 0 saturated heterocycles. The van der Waals surface area contributed by atoms with Gasteiger partial charge in [0.1, 0.15) is 24.1 Å². The molecule has 0 aliphatic heterocycles. The lowest BCUT2D eigenvalue weighted by Gasteiger charge is -2.31. The molecule has 122 valence electrons. The number of pyridine rings is 1. The van der Waals surface area contributed by atoms with E-state index in [1.165, 1.54) is 0 Å². The molecular weight excluding hydrogens is 316 g/mol. The number of ether oxygens (including phenoxy) is 1. The van der Waals surface area contributed by atoms with Crippen LogP contribution < -0.4 is 4.74 Å². The van der Waals surface area contributed by atoms with Crippen molar-refractivity contribution in [2.24, 2.45) is 0 Å². The third kappa shape index (κ3) is 2.31. The van der Waals surface area contributed by atoms with E-state index in [-0.39, 0.29) is 18.6 Å². The number of halogens is 6. The van der Waals surface area contributed by atoms with E-state index in [0.29, 0.717) is 6.20 Å². The minimum absolute atomic E-state index is 0.0222. The van der Waals surface area contributed by atoms with Crippen LogP contribution in [0.5, 0.6) is 5.75 Å². The topological polar surface area (TPSA) is 42.4 Å². The summed E-state index contributed by atoms with van der Waals surface area (Å²) in [7, 11) is 0. The molecule has 1 N–H and O–H groups in total. The van der Waals surface area contributed by atoms with E-state index in [0.717, 1.165) is 0 Å². The quantitative estimate of drug-likeness (QED) is 0.847. The Morgan fingerprint density at radius 1 is 1.14 bits per heavy atom. The Labute approximate surface area is 120 Å². The fraction of sp³-hybridized carbons (Fsp3) is 0.615. The molecule has 3 nitrogen and oxygen atoms in total. The van der Waals surface area contributed by atoms with Gasteiger partial charge in [0.25, 0.3) is 0 Å². The second kappa shape index (κ2) is 5.00. The van der Waals surface area contributed by atoms with Gasteiger partial charge in [-0.3, -0.25) is 0 Å². The van der Waals surface area contributed by atoms with Gasteiger partial charge in [0, 0.05) is 24.0 Å². The molecule has 1 heterocycles. The molecule has 3 rings (SSSR count). The number of hydrogen-bond donors (Lipinski definition) is 1. The second-order valence-electron chi connectivity index (χ2n) is 5.40. The lowest BCUT2D eigenvalue weighted by molar-refractivity contribution is -0.143. The van der Waals surface area contributed by atoms with Crippen LogP contribution in [0.1, 0.15) is 41.9 Å². The number of hydrogen-bond acceptors (Lipinski definition) is 3. The molecule has 2 aliphatic carbocycles. The Hall–Kier alpha value is -1.51. The van der Waals surface area contributed by atoms with Gasteiger partial charge in [-0.25, -0.2) is 18.2 Å². The Morgan fingerprint density at radius 2 is 1.77 bits per heavy atom. The lowest BCUT2D eigenvalue weighted by Crippen LogP contribution is -2.35. The van der Waals surface area contributed by atoms with Crippen LogP contribution in [0.4, 0.5) is 26.3 Å². The zero-order valence-electron chi connectivity index (χ0n) is 10.9. The van der Waals surface area contributed by atoms with Crippen molar-refractivity contribution in [1.29, 1.82) is 0 Å². The van der Waals surface area contributed by atoms with Crippen molar-refractivity contribution in [3.05, 3.63) is 23.0 Å². The molecule has 0 bridgehead atoms. The molecule has 22 heavy (non-hydrogen) atoms. The monoisotopic (exact) mass is 327 g/mol. The van der Waals surface area contributed by atoms with Gasteiger partial charge in [-0.05, 0) is 0 Å². The summed E-state index contributed by atoms with van der Waals surface area (Å²) >= 11 is 0. The first-order chi connectivity index (χ1) is 10.2. The average Bonchev–Trinajstić information content (AvgIpc) is 2.62. The fourth-order valence-corrected chi connectivity index (χ4v) is 2.68. The maximum absolute atomic E-state index is 14.0. The van der Waals surface area contributed by atoms with Crippen LogP contribution in [0, 0.1) is 0 Å². The van der Waals surface area contributed by atoms with Crippen LogP contribution >= 0.6 is 0 Å². The Morgan fingerprint density at radius 3 is 2.32 bits per heavy atom. The summed E-state index contributed by atoms with van der Waals surface area (Å²) in [6.45, 7) is 0. The number of aliphatic hydroxyl groups is 1. The summed E-state index contributed by atoms with van der Waals surface area (Å²) in [5.41, 5.74) is -3.17. The number of rotatable bonds is 2. The van der Waals surface area contributed by atoms with E-state index in [2.05, 4.69) is 4.98 Å². The summed E-state index contributed by atoms with van der Waals surface area (Å²) in [4.78, 5) is 3.13. The Bertz CT molecular complexity index is 587. The molecule has 0 spiro atoms. The highest BCUT2D eigenvalue weighted by Gasteiger charge is 2.50. The number of nitrogens with zero attached hydrogens (tertiary/aromatic N) is 1. The van der Waals surface area contributed by atoms with Crippen molar-refractivity contribution in [2.75, 3.05) is 0 Å². The average molecular weight is 327 g/mol. The Kier molecular flexibility index (Phi) is 3.50. The van der Waals surface area contributed by atoms with Gasteiger partial charge in [-0.15, -0.1) is 0 Å². The van der Waals surface area contributed by atoms with Crippen LogP contribution in [-0.4, -0.2) is 28.5 Å². The van der Waals surface area contributed by atoms with E-state index in [1.807, 2.05) is 0 Å². The normalized spacial score (nSPS) is 34.2. The van der Waals surface area contributed by atoms with Crippen LogP contribution in [0.15, 0.2) is 6.20 Å². The number of alkyl halides is 6. The molecule has 1 aromatic rings. The molecule has 0 amide bonds. The van der Waals surface area contributed by atoms with Gasteiger partial charge in [-0.1, -0.05) is 0 Å². The van der Waals surface area contributed by atoms with Crippen molar-refractivity contribution in [1.82, 2.24) is 4.98 Å². The molecule has 3 atom stereocenters. The minimum Gasteiger partial charge on any atom is -0.488 e. The summed E-state index contributed by atoms with van der Waals surface area (Å²) in [6.07, 6.45) is -13.2. The molecule has 0 aromatic carbocycles. The van der Waals surface area contributed by atoms with Crippen LogP contribution in [0.3, 0.4) is 0 Å². The Balaban J connectivity index is 2.04. The summed E-state index contributed by atoms with van der Waals surface area (Å²) in [6, 6.07) is 0. The minimum atomic E-state index is -4.96. The maximum atomic E-state index is 14.0. The van der Waals surface area contributed by atoms with Crippen molar-refractivity contribution in [3.8, 4) is 5.75 Å². The van der Waals surface area contributed by atoms with Gasteiger partial charge in [0.15, 0.2) is 18.0 Å². The fourth-order valence-electron chi connectivity index (χ4n) is 2.68. The third-order valence-electron chi connectivity index (χ3n) is 3.87. The first kappa shape index (κ1) is 15.4. The van der Waals surface area contributed by atoms with Crippen LogP contribution in [0.2, 0.25) is 0 Å². The number of fused-ring (bicyclic) bond motifs is 1. The maximum Gasteiger partial charge on any atom is 0.433 e. The number of aromatic nitrogens is 1. The van der Waals surface area contributed by atoms with Crippen molar-refractivity contribution in [3.63, 3.8) is 0 Å². The smallest absolute Gasteiger partial charge is 0.433 e. The molecule has 0 unspecified atom stereocenters. The lowest BCUT2D eigenvalue weighted by atomic mass is 9.93. The van der Waals surface area contributed by atoms with Gasteiger partial charge < -0.3 is 9.84 Å². The van der Waals surface area contributed by atoms with Crippen molar-refractivity contribution in [2.45, 2.75) is 49.7 Å². The zero-order valence-corrected chi connectivity index (χ0v) is 10.9. The number of aliphatic hydroxyl groups excluding tert-OH is 1. The molecule has 2 aliphatic rings. The molecule has 1 aromatic heterocycles. The SMILES string of the molecule is O[C@H]1c2c(C(F)(F)F)ncc(O[C@H]3C[C@H](F)C3)c2[C@@H](F)[C@H]1F. The molecule has 9 heteroatoms. The van der Waals surface area contributed by atoms with E-state index >= 15 is 0 Å². The first-order valence-electron chi connectivity index (χ1n) is 6.57. The van der Waals surface area contributed by atoms with E-state index in [4.69, 9.17) is 4.74 Å². The van der Waals surface area contributed by atoms with E-state index in [9.17, 15) is 31.4 Å². The summed E-state index contributed by atoms with van der Waals surface area (Å²) in [5, 5.41) is 9.57. The highest BCUT2D eigenvalue weighted by Crippen LogP contribution is 2.51. The molecule has 0 radical (unpaired) electrons. The predicted octanol–water partition coefficient (Wildman–Crippen LogP) is 3.38. The highest BCUT2D eigenvalue weighted by atomic mass is 19.4.